The topological polar surface area (TPSA) is 234 Å². The summed E-state index contributed by atoms with van der Waals surface area (Å²) in [5, 5.41) is 34.9. The predicted molar refractivity (Wildman–Crippen MR) is 114 cm³/mol. The van der Waals surface area contributed by atoms with Gasteiger partial charge in [-0.15, -0.1) is 0 Å². The molecule has 1 rings (SSSR count). The second-order valence-corrected chi connectivity index (χ2v) is 7.38. The highest BCUT2D eigenvalue weighted by Crippen LogP contribution is 2.12. The molecule has 0 radical (unpaired) electrons. The number of rotatable bonds is 13. The first-order valence-electron chi connectivity index (χ1n) is 10.0. The summed E-state index contributed by atoms with van der Waals surface area (Å²) < 4.78 is 0. The Kier molecular flexibility index (Phi) is 10.7. The van der Waals surface area contributed by atoms with E-state index in [2.05, 4.69) is 16.0 Å². The quantitative estimate of drug-likeness (QED) is 0.148. The van der Waals surface area contributed by atoms with Crippen LogP contribution in [-0.2, 0) is 30.4 Å². The molecule has 4 atom stereocenters. The Morgan fingerprint density at radius 2 is 1.61 bits per heavy atom. The van der Waals surface area contributed by atoms with Crippen LogP contribution in [0.25, 0.3) is 0 Å². The fraction of sp³-hybridized carbons (Fsp3) is 0.450. The summed E-state index contributed by atoms with van der Waals surface area (Å²) in [6, 6.07) is 1.83. The van der Waals surface area contributed by atoms with Crippen LogP contribution < -0.4 is 27.4 Å². The van der Waals surface area contributed by atoms with Crippen LogP contribution in [0.3, 0.4) is 0 Å². The molecule has 0 saturated heterocycles. The van der Waals surface area contributed by atoms with E-state index in [1.165, 1.54) is 31.2 Å². The molecule has 4 amide bonds. The molecule has 1 aromatic rings. The van der Waals surface area contributed by atoms with Crippen LogP contribution in [0.15, 0.2) is 24.3 Å². The minimum Gasteiger partial charge on any atom is -0.508 e. The van der Waals surface area contributed by atoms with E-state index in [4.69, 9.17) is 11.5 Å². The number of aromatic hydroxyl groups is 1. The average molecular weight is 467 g/mol. The predicted octanol–water partition coefficient (Wildman–Crippen LogP) is -2.92. The Balaban J connectivity index is 2.91. The van der Waals surface area contributed by atoms with Crippen molar-refractivity contribution in [1.82, 2.24) is 16.0 Å². The van der Waals surface area contributed by atoms with E-state index in [0.717, 1.165) is 0 Å². The maximum absolute atomic E-state index is 12.8. The molecule has 13 nitrogen and oxygen atoms in total. The maximum Gasteiger partial charge on any atom is 0.326 e. The normalized spacial score (nSPS) is 14.3. The van der Waals surface area contributed by atoms with Gasteiger partial charge < -0.3 is 42.7 Å². The Labute approximate surface area is 189 Å². The second kappa shape index (κ2) is 13.0. The molecule has 33 heavy (non-hydrogen) atoms. The van der Waals surface area contributed by atoms with Gasteiger partial charge in [0.1, 0.15) is 23.9 Å². The Hall–Kier alpha value is -3.71. The molecule has 13 heteroatoms. The van der Waals surface area contributed by atoms with Crippen molar-refractivity contribution in [2.75, 3.05) is 6.54 Å². The van der Waals surface area contributed by atoms with Gasteiger partial charge in [-0.05, 0) is 31.0 Å². The molecule has 0 fully saturated rings. The SMILES string of the molecule is CC(O)C(N)C(=O)NCC(=O)NC(Cc1ccc(O)cc1)C(=O)NC(CCC(N)=O)C(=O)O. The standard InChI is InChI=1S/C20H29N5O8/c1-10(26)17(22)19(31)23-9-16(29)24-14(8-11-2-4-12(27)5-3-11)18(30)25-13(20(32)33)6-7-15(21)28/h2-5,10,13-14,17,26-27H,6-9,22H2,1H3,(H2,21,28)(H,23,31)(H,24,29)(H,25,30)(H,32,33). The molecular formula is C20H29N5O8. The van der Waals surface area contributed by atoms with E-state index >= 15 is 0 Å². The summed E-state index contributed by atoms with van der Waals surface area (Å²) in [7, 11) is 0. The molecule has 0 aliphatic rings. The molecule has 0 aliphatic heterocycles. The van der Waals surface area contributed by atoms with Gasteiger partial charge in [-0.2, -0.15) is 0 Å². The van der Waals surface area contributed by atoms with E-state index in [1.807, 2.05) is 0 Å². The third kappa shape index (κ3) is 9.97. The van der Waals surface area contributed by atoms with Gasteiger partial charge in [-0.25, -0.2) is 4.79 Å². The first-order chi connectivity index (χ1) is 15.4. The summed E-state index contributed by atoms with van der Waals surface area (Å²) in [5.74, 6) is -4.55. The third-order valence-electron chi connectivity index (χ3n) is 4.57. The molecule has 0 heterocycles. The fourth-order valence-corrected chi connectivity index (χ4v) is 2.64. The van der Waals surface area contributed by atoms with E-state index < -0.39 is 60.4 Å². The number of primary amides is 1. The third-order valence-corrected chi connectivity index (χ3v) is 4.57. The lowest BCUT2D eigenvalue weighted by molar-refractivity contribution is -0.142. The first-order valence-corrected chi connectivity index (χ1v) is 10.0. The van der Waals surface area contributed by atoms with Crippen LogP contribution in [0.1, 0.15) is 25.3 Å². The number of amides is 4. The number of phenolic OH excluding ortho intramolecular Hbond substituents is 1. The molecule has 1 aromatic carbocycles. The van der Waals surface area contributed by atoms with Crippen molar-refractivity contribution in [3.8, 4) is 5.75 Å². The van der Waals surface area contributed by atoms with Crippen LogP contribution in [0, 0.1) is 0 Å². The van der Waals surface area contributed by atoms with Crippen LogP contribution in [-0.4, -0.2) is 75.7 Å². The molecule has 0 spiro atoms. The molecule has 0 aromatic heterocycles. The number of aliphatic hydroxyl groups excluding tert-OH is 1. The summed E-state index contributed by atoms with van der Waals surface area (Å²) in [5.41, 5.74) is 11.0. The highest BCUT2D eigenvalue weighted by atomic mass is 16.4. The summed E-state index contributed by atoms with van der Waals surface area (Å²) in [6.45, 7) is 0.752. The molecule has 182 valence electrons. The molecule has 0 bridgehead atoms. The Morgan fingerprint density at radius 1 is 1.00 bits per heavy atom. The number of nitrogens with two attached hydrogens (primary N) is 2. The fourth-order valence-electron chi connectivity index (χ4n) is 2.64. The number of aliphatic hydroxyl groups is 1. The smallest absolute Gasteiger partial charge is 0.326 e. The largest absolute Gasteiger partial charge is 0.508 e. The van der Waals surface area contributed by atoms with Crippen LogP contribution in [0.5, 0.6) is 5.75 Å². The summed E-state index contributed by atoms with van der Waals surface area (Å²) >= 11 is 0. The van der Waals surface area contributed by atoms with Crippen molar-refractivity contribution in [2.45, 2.75) is 50.4 Å². The van der Waals surface area contributed by atoms with Crippen molar-refractivity contribution in [3.63, 3.8) is 0 Å². The number of phenols is 1. The molecule has 10 N–H and O–H groups in total. The van der Waals surface area contributed by atoms with Gasteiger partial charge in [0, 0.05) is 12.8 Å². The van der Waals surface area contributed by atoms with Gasteiger partial charge in [-0.3, -0.25) is 19.2 Å². The van der Waals surface area contributed by atoms with E-state index in [0.29, 0.717) is 5.56 Å². The summed E-state index contributed by atoms with van der Waals surface area (Å²) in [6.07, 6.45) is -1.73. The van der Waals surface area contributed by atoms with Crippen molar-refractivity contribution >= 4 is 29.6 Å². The number of benzene rings is 1. The number of carboxylic acids is 1. The van der Waals surface area contributed by atoms with E-state index in [1.54, 1.807) is 0 Å². The van der Waals surface area contributed by atoms with Gasteiger partial charge >= 0.3 is 5.97 Å². The molecule has 0 saturated carbocycles. The average Bonchev–Trinajstić information content (AvgIpc) is 2.74. The zero-order valence-corrected chi connectivity index (χ0v) is 18.0. The highest BCUT2D eigenvalue weighted by molar-refractivity contribution is 5.92. The van der Waals surface area contributed by atoms with Crippen molar-refractivity contribution in [2.24, 2.45) is 11.5 Å². The summed E-state index contributed by atoms with van der Waals surface area (Å²) in [4.78, 5) is 59.2. The number of nitrogens with one attached hydrogen (secondary N) is 3. The number of carbonyl (C=O) groups is 5. The molecular weight excluding hydrogens is 438 g/mol. The van der Waals surface area contributed by atoms with Crippen molar-refractivity contribution in [3.05, 3.63) is 29.8 Å². The van der Waals surface area contributed by atoms with Crippen LogP contribution >= 0.6 is 0 Å². The number of carbonyl (C=O) groups excluding carboxylic acids is 4. The van der Waals surface area contributed by atoms with Gasteiger partial charge in [0.25, 0.3) is 0 Å². The van der Waals surface area contributed by atoms with E-state index in [9.17, 15) is 39.3 Å². The number of hydrogen-bond donors (Lipinski definition) is 8. The lowest BCUT2D eigenvalue weighted by Gasteiger charge is -2.22. The minimum absolute atomic E-state index is 0.0154. The van der Waals surface area contributed by atoms with Crippen LogP contribution in [0.2, 0.25) is 0 Å². The van der Waals surface area contributed by atoms with Gasteiger partial charge in [0.05, 0.1) is 12.6 Å². The zero-order valence-electron chi connectivity index (χ0n) is 18.0. The Morgan fingerprint density at radius 3 is 2.12 bits per heavy atom. The van der Waals surface area contributed by atoms with Gasteiger partial charge in [0.2, 0.25) is 23.6 Å². The lowest BCUT2D eigenvalue weighted by atomic mass is 10.0. The van der Waals surface area contributed by atoms with Gasteiger partial charge in [-0.1, -0.05) is 12.1 Å². The Bertz CT molecular complexity index is 859. The van der Waals surface area contributed by atoms with Crippen molar-refractivity contribution < 1.29 is 39.3 Å². The maximum atomic E-state index is 12.8. The minimum atomic E-state index is -1.42. The number of carboxylic acid groups (broad SMARTS) is 1. The number of aliphatic carboxylic acids is 1. The van der Waals surface area contributed by atoms with Crippen molar-refractivity contribution in [1.29, 1.82) is 0 Å². The number of hydrogen-bond acceptors (Lipinski definition) is 8. The molecule has 0 aliphatic carbocycles. The zero-order chi connectivity index (χ0) is 25.1. The lowest BCUT2D eigenvalue weighted by Crippen LogP contribution is -2.55. The van der Waals surface area contributed by atoms with E-state index in [-0.39, 0.29) is 25.0 Å². The van der Waals surface area contributed by atoms with Gasteiger partial charge in [0.15, 0.2) is 0 Å². The molecule has 4 unspecified atom stereocenters. The monoisotopic (exact) mass is 467 g/mol. The highest BCUT2D eigenvalue weighted by Gasteiger charge is 2.27. The van der Waals surface area contributed by atoms with Crippen LogP contribution in [0.4, 0.5) is 0 Å². The first kappa shape index (κ1) is 27.3. The second-order valence-electron chi connectivity index (χ2n) is 7.38.